The number of halogens is 1. The van der Waals surface area contributed by atoms with Crippen LogP contribution in [0.4, 0.5) is 0 Å². The number of aromatic carboxylic acids is 1. The van der Waals surface area contributed by atoms with E-state index in [2.05, 4.69) is 20.9 Å². The Morgan fingerprint density at radius 1 is 1.53 bits per heavy atom. The summed E-state index contributed by atoms with van der Waals surface area (Å²) in [5.41, 5.74) is -0.233. The number of carbonyl (C=O) groups is 1. The third kappa shape index (κ3) is 3.51. The molecule has 0 aliphatic heterocycles. The highest BCUT2D eigenvalue weighted by molar-refractivity contribution is 9.10. The van der Waals surface area contributed by atoms with Gasteiger partial charge >= 0.3 is 5.97 Å². The van der Waals surface area contributed by atoms with Crippen molar-refractivity contribution in [1.29, 1.82) is 0 Å². The second-order valence-electron chi connectivity index (χ2n) is 4.03. The highest BCUT2D eigenvalue weighted by Crippen LogP contribution is 2.26. The topological polar surface area (TPSA) is 59.4 Å². The van der Waals surface area contributed by atoms with Gasteiger partial charge in [0.25, 0.3) is 0 Å². The molecule has 0 bridgehead atoms. The zero-order valence-corrected chi connectivity index (χ0v) is 10.3. The quantitative estimate of drug-likeness (QED) is 0.900. The van der Waals surface area contributed by atoms with Crippen molar-refractivity contribution in [2.24, 2.45) is 0 Å². The number of rotatable bonds is 2. The van der Waals surface area contributed by atoms with E-state index in [0.29, 0.717) is 10.4 Å². The average molecular weight is 274 g/mol. The van der Waals surface area contributed by atoms with E-state index in [1.807, 2.05) is 20.8 Å². The van der Waals surface area contributed by atoms with E-state index < -0.39 is 5.97 Å². The minimum Gasteiger partial charge on any atom is -0.478 e. The number of hydrogen-bond acceptors (Lipinski definition) is 3. The molecule has 5 heteroatoms. The Balaban J connectivity index is 2.99. The highest BCUT2D eigenvalue weighted by Gasteiger charge is 2.16. The summed E-state index contributed by atoms with van der Waals surface area (Å²) in [6, 6.07) is 1.47. The molecule has 0 saturated heterocycles. The molecular weight excluding hydrogens is 262 g/mol. The molecule has 0 amide bonds. The Bertz CT molecular complexity index is 385. The van der Waals surface area contributed by atoms with Crippen molar-refractivity contribution in [3.8, 4) is 5.88 Å². The second kappa shape index (κ2) is 4.18. The van der Waals surface area contributed by atoms with Crippen LogP contribution in [-0.4, -0.2) is 21.7 Å². The number of carboxylic acids is 1. The fraction of sp³-hybridized carbons (Fsp3) is 0.400. The maximum atomic E-state index is 10.6. The molecule has 82 valence electrons. The first-order valence-corrected chi connectivity index (χ1v) is 5.17. The summed E-state index contributed by atoms with van der Waals surface area (Å²) in [5, 5.41) is 8.73. The molecule has 0 unspecified atom stereocenters. The van der Waals surface area contributed by atoms with Crippen molar-refractivity contribution in [2.75, 3.05) is 0 Å². The predicted octanol–water partition coefficient (Wildman–Crippen LogP) is 2.72. The van der Waals surface area contributed by atoms with E-state index in [0.717, 1.165) is 0 Å². The third-order valence-electron chi connectivity index (χ3n) is 1.46. The smallest absolute Gasteiger partial charge is 0.337 e. The molecule has 0 aliphatic carbocycles. The summed E-state index contributed by atoms with van der Waals surface area (Å²) in [4.78, 5) is 14.6. The van der Waals surface area contributed by atoms with Crippen molar-refractivity contribution in [3.63, 3.8) is 0 Å². The van der Waals surface area contributed by atoms with Crippen molar-refractivity contribution in [1.82, 2.24) is 4.98 Å². The SMILES string of the molecule is CC(C)(C)Oc1ncc(C(=O)O)cc1Br. The van der Waals surface area contributed by atoms with E-state index in [1.54, 1.807) is 0 Å². The van der Waals surface area contributed by atoms with Crippen LogP contribution in [0.15, 0.2) is 16.7 Å². The number of ether oxygens (including phenoxy) is 1. The van der Waals surface area contributed by atoms with Crippen LogP contribution in [0.5, 0.6) is 5.88 Å². The van der Waals surface area contributed by atoms with E-state index in [1.165, 1.54) is 12.3 Å². The normalized spacial score (nSPS) is 11.2. The average Bonchev–Trinajstić information content (AvgIpc) is 2.05. The maximum absolute atomic E-state index is 10.6. The summed E-state index contributed by atoms with van der Waals surface area (Å²) in [6.45, 7) is 5.69. The highest BCUT2D eigenvalue weighted by atomic mass is 79.9. The summed E-state index contributed by atoms with van der Waals surface area (Å²) >= 11 is 3.22. The first-order chi connectivity index (χ1) is 6.79. The summed E-state index contributed by atoms with van der Waals surface area (Å²) in [7, 11) is 0. The van der Waals surface area contributed by atoms with Gasteiger partial charge in [0.05, 0.1) is 10.0 Å². The molecule has 1 rings (SSSR count). The van der Waals surface area contributed by atoms with Crippen LogP contribution in [0.25, 0.3) is 0 Å². The van der Waals surface area contributed by atoms with E-state index >= 15 is 0 Å². The number of hydrogen-bond donors (Lipinski definition) is 1. The standard InChI is InChI=1S/C10H12BrNO3/c1-10(2,3)15-8-7(11)4-6(5-12-8)9(13)14/h4-5H,1-3H3,(H,13,14). The molecular formula is C10H12BrNO3. The van der Waals surface area contributed by atoms with Gasteiger partial charge in [-0.3, -0.25) is 0 Å². The van der Waals surface area contributed by atoms with Gasteiger partial charge in [0.15, 0.2) is 0 Å². The Morgan fingerprint density at radius 2 is 2.13 bits per heavy atom. The van der Waals surface area contributed by atoms with E-state index in [9.17, 15) is 4.79 Å². The van der Waals surface area contributed by atoms with Gasteiger partial charge in [0, 0.05) is 6.20 Å². The summed E-state index contributed by atoms with van der Waals surface area (Å²) in [6.07, 6.45) is 1.27. The van der Waals surface area contributed by atoms with Crippen LogP contribution in [0.3, 0.4) is 0 Å². The molecule has 1 heterocycles. The third-order valence-corrected chi connectivity index (χ3v) is 2.03. The Morgan fingerprint density at radius 3 is 2.53 bits per heavy atom. The molecule has 0 spiro atoms. The molecule has 0 saturated carbocycles. The molecule has 0 aromatic carbocycles. The van der Waals surface area contributed by atoms with Gasteiger partial charge in [-0.05, 0) is 42.8 Å². The predicted molar refractivity (Wildman–Crippen MR) is 59.3 cm³/mol. The summed E-state index contributed by atoms with van der Waals surface area (Å²) in [5.74, 6) is -0.613. The lowest BCUT2D eigenvalue weighted by Gasteiger charge is -2.21. The van der Waals surface area contributed by atoms with E-state index in [-0.39, 0.29) is 11.2 Å². The number of carboxylic acid groups (broad SMARTS) is 1. The molecule has 1 N–H and O–H groups in total. The largest absolute Gasteiger partial charge is 0.478 e. The van der Waals surface area contributed by atoms with Crippen LogP contribution in [-0.2, 0) is 0 Å². The Hall–Kier alpha value is -1.10. The molecule has 1 aromatic rings. The minimum absolute atomic E-state index is 0.128. The fourth-order valence-corrected chi connectivity index (χ4v) is 1.34. The summed E-state index contributed by atoms with van der Waals surface area (Å²) < 4.78 is 6.06. The Labute approximate surface area is 96.4 Å². The molecule has 15 heavy (non-hydrogen) atoms. The first kappa shape index (κ1) is 12.0. The van der Waals surface area contributed by atoms with Crippen molar-refractivity contribution < 1.29 is 14.6 Å². The minimum atomic E-state index is -1.01. The van der Waals surface area contributed by atoms with Gasteiger partial charge in [-0.25, -0.2) is 9.78 Å². The molecule has 0 fully saturated rings. The van der Waals surface area contributed by atoms with Crippen molar-refractivity contribution in [2.45, 2.75) is 26.4 Å². The molecule has 1 aromatic heterocycles. The van der Waals surface area contributed by atoms with Gasteiger partial charge in [0.1, 0.15) is 5.60 Å². The van der Waals surface area contributed by atoms with Crippen LogP contribution in [0.2, 0.25) is 0 Å². The molecule has 0 radical (unpaired) electrons. The first-order valence-electron chi connectivity index (χ1n) is 4.37. The number of nitrogens with zero attached hydrogens (tertiary/aromatic N) is 1. The lowest BCUT2D eigenvalue weighted by Crippen LogP contribution is -2.23. The van der Waals surface area contributed by atoms with Crippen LogP contribution in [0.1, 0.15) is 31.1 Å². The van der Waals surface area contributed by atoms with Gasteiger partial charge in [-0.1, -0.05) is 0 Å². The lowest BCUT2D eigenvalue weighted by atomic mass is 10.2. The van der Waals surface area contributed by atoms with Crippen molar-refractivity contribution in [3.05, 3.63) is 22.3 Å². The maximum Gasteiger partial charge on any atom is 0.337 e. The zero-order chi connectivity index (χ0) is 11.6. The van der Waals surface area contributed by atoms with Gasteiger partial charge < -0.3 is 9.84 Å². The van der Waals surface area contributed by atoms with Crippen LogP contribution >= 0.6 is 15.9 Å². The molecule has 4 nitrogen and oxygen atoms in total. The van der Waals surface area contributed by atoms with E-state index in [4.69, 9.17) is 9.84 Å². The lowest BCUT2D eigenvalue weighted by molar-refractivity contribution is 0.0696. The van der Waals surface area contributed by atoms with Crippen molar-refractivity contribution >= 4 is 21.9 Å². The zero-order valence-electron chi connectivity index (χ0n) is 8.74. The number of pyridine rings is 1. The fourth-order valence-electron chi connectivity index (χ4n) is 0.907. The Kier molecular flexibility index (Phi) is 3.34. The molecule has 0 atom stereocenters. The van der Waals surface area contributed by atoms with Gasteiger partial charge in [-0.15, -0.1) is 0 Å². The number of aromatic nitrogens is 1. The monoisotopic (exact) mass is 273 g/mol. The van der Waals surface area contributed by atoms with Gasteiger partial charge in [0.2, 0.25) is 5.88 Å². The van der Waals surface area contributed by atoms with Crippen LogP contribution < -0.4 is 4.74 Å². The van der Waals surface area contributed by atoms with Gasteiger partial charge in [-0.2, -0.15) is 0 Å². The van der Waals surface area contributed by atoms with Crippen LogP contribution in [0, 0.1) is 0 Å². The molecule has 0 aliphatic rings. The second-order valence-corrected chi connectivity index (χ2v) is 4.88.